The van der Waals surface area contributed by atoms with Gasteiger partial charge in [0.2, 0.25) is 0 Å². The van der Waals surface area contributed by atoms with Crippen molar-refractivity contribution < 1.29 is 9.53 Å². The van der Waals surface area contributed by atoms with Crippen molar-refractivity contribution in [3.8, 4) is 0 Å². The number of ether oxygens (including phenoxy) is 1. The second-order valence-electron chi connectivity index (χ2n) is 2.17. The van der Waals surface area contributed by atoms with Gasteiger partial charge in [-0.3, -0.25) is 0 Å². The Hall–Kier alpha value is -0.620. The molecule has 0 aliphatic heterocycles. The van der Waals surface area contributed by atoms with Crippen LogP contribution in [0.2, 0.25) is 0 Å². The summed E-state index contributed by atoms with van der Waals surface area (Å²) in [6, 6.07) is 0. The zero-order valence-electron chi connectivity index (χ0n) is 6.67. The van der Waals surface area contributed by atoms with Crippen LogP contribution in [0, 0.1) is 0 Å². The van der Waals surface area contributed by atoms with Gasteiger partial charge in [-0.05, 0) is 31.9 Å². The fourth-order valence-electron chi connectivity index (χ4n) is 0.770. The minimum atomic E-state index is -0.465. The average Bonchev–Trinajstić information content (AvgIpc) is 2.12. The minimum absolute atomic E-state index is 0.253. The molecule has 0 amide bonds. The third-order valence-corrected chi connectivity index (χ3v) is 2.79. The van der Waals surface area contributed by atoms with Crippen LogP contribution in [0.15, 0.2) is 15.1 Å². The van der Waals surface area contributed by atoms with Crippen LogP contribution in [0.5, 0.6) is 0 Å². The van der Waals surface area contributed by atoms with Gasteiger partial charge < -0.3 is 10.5 Å². The van der Waals surface area contributed by atoms with E-state index in [1.165, 1.54) is 13.3 Å². The maximum atomic E-state index is 11.2. The van der Waals surface area contributed by atoms with Crippen molar-refractivity contribution >= 4 is 43.6 Å². The van der Waals surface area contributed by atoms with Gasteiger partial charge in [0.1, 0.15) is 5.82 Å². The molecule has 6 heteroatoms. The van der Waals surface area contributed by atoms with Crippen LogP contribution in [0.25, 0.3) is 0 Å². The molecule has 2 N–H and O–H groups in total. The van der Waals surface area contributed by atoms with Gasteiger partial charge in [-0.15, -0.1) is 0 Å². The first-order chi connectivity index (χ1) is 6.07. The number of rotatable bonds is 1. The fourth-order valence-corrected chi connectivity index (χ4v) is 1.98. The molecule has 0 fully saturated rings. The molecular weight excluding hydrogens is 304 g/mol. The van der Waals surface area contributed by atoms with Gasteiger partial charge in [0.25, 0.3) is 0 Å². The van der Waals surface area contributed by atoms with Crippen molar-refractivity contribution in [1.82, 2.24) is 4.98 Å². The molecule has 0 aromatic carbocycles. The smallest absolute Gasteiger partial charge is 0.340 e. The number of nitrogens with two attached hydrogens (primary N) is 1. The van der Waals surface area contributed by atoms with Crippen molar-refractivity contribution in [2.75, 3.05) is 12.8 Å². The normalized spacial score (nSPS) is 9.77. The van der Waals surface area contributed by atoms with E-state index in [2.05, 4.69) is 41.6 Å². The molecular formula is C7H6Br2N2O2. The Morgan fingerprint density at radius 1 is 1.62 bits per heavy atom. The summed E-state index contributed by atoms with van der Waals surface area (Å²) in [5.74, 6) is -0.212. The van der Waals surface area contributed by atoms with Crippen molar-refractivity contribution in [3.05, 3.63) is 20.7 Å². The summed E-state index contributed by atoms with van der Waals surface area (Å²) in [7, 11) is 1.30. The quantitative estimate of drug-likeness (QED) is 0.806. The molecule has 0 aliphatic carbocycles. The standard InChI is InChI=1S/C7H6Br2N2O2/c1-13-7(12)4-3(8)2-11-6(10)5(4)9/h2H,1H3,(H2,10,11). The van der Waals surface area contributed by atoms with Gasteiger partial charge >= 0.3 is 5.97 Å². The van der Waals surface area contributed by atoms with E-state index in [0.29, 0.717) is 14.5 Å². The van der Waals surface area contributed by atoms with E-state index in [0.717, 1.165) is 0 Å². The zero-order chi connectivity index (χ0) is 10.0. The topological polar surface area (TPSA) is 65.2 Å². The Morgan fingerprint density at radius 2 is 2.23 bits per heavy atom. The Kier molecular flexibility index (Phi) is 3.27. The van der Waals surface area contributed by atoms with E-state index < -0.39 is 5.97 Å². The van der Waals surface area contributed by atoms with Crippen molar-refractivity contribution in [2.45, 2.75) is 0 Å². The lowest BCUT2D eigenvalue weighted by atomic mass is 10.2. The molecule has 0 radical (unpaired) electrons. The molecule has 70 valence electrons. The number of methoxy groups -OCH3 is 1. The number of anilines is 1. The summed E-state index contributed by atoms with van der Waals surface area (Å²) < 4.78 is 5.55. The van der Waals surface area contributed by atoms with Crippen LogP contribution in [0.4, 0.5) is 5.82 Å². The van der Waals surface area contributed by atoms with Crippen LogP contribution >= 0.6 is 31.9 Å². The van der Waals surface area contributed by atoms with Crippen molar-refractivity contribution in [1.29, 1.82) is 0 Å². The zero-order valence-corrected chi connectivity index (χ0v) is 9.85. The van der Waals surface area contributed by atoms with Crippen LogP contribution in [-0.2, 0) is 4.74 Å². The molecule has 4 nitrogen and oxygen atoms in total. The predicted octanol–water partition coefficient (Wildman–Crippen LogP) is 1.98. The third kappa shape index (κ3) is 2.00. The lowest BCUT2D eigenvalue weighted by Crippen LogP contribution is -2.06. The first kappa shape index (κ1) is 10.5. The largest absolute Gasteiger partial charge is 0.465 e. The van der Waals surface area contributed by atoms with Crippen LogP contribution in [0.3, 0.4) is 0 Å². The Bertz CT molecular complexity index is 355. The second kappa shape index (κ2) is 4.06. The van der Waals surface area contributed by atoms with Gasteiger partial charge in [-0.1, -0.05) is 0 Å². The maximum Gasteiger partial charge on any atom is 0.340 e. The van der Waals surface area contributed by atoms with Gasteiger partial charge in [-0.25, -0.2) is 9.78 Å². The first-order valence-corrected chi connectivity index (χ1v) is 4.84. The number of esters is 1. The number of nitrogen functional groups attached to an aromatic ring is 1. The number of nitrogens with zero attached hydrogens (tertiary/aromatic N) is 1. The predicted molar refractivity (Wildman–Crippen MR) is 55.4 cm³/mol. The van der Waals surface area contributed by atoms with E-state index >= 15 is 0 Å². The third-order valence-electron chi connectivity index (χ3n) is 1.39. The number of halogens is 2. The van der Waals surface area contributed by atoms with Crippen LogP contribution in [-0.4, -0.2) is 18.1 Å². The lowest BCUT2D eigenvalue weighted by molar-refractivity contribution is 0.0598. The molecule has 13 heavy (non-hydrogen) atoms. The van der Waals surface area contributed by atoms with Gasteiger partial charge in [0.15, 0.2) is 0 Å². The molecule has 1 heterocycles. The average molecular weight is 310 g/mol. The van der Waals surface area contributed by atoms with E-state index in [1.54, 1.807) is 0 Å². The minimum Gasteiger partial charge on any atom is -0.465 e. The van der Waals surface area contributed by atoms with E-state index in [4.69, 9.17) is 5.73 Å². The summed E-state index contributed by atoms with van der Waals surface area (Å²) in [5, 5.41) is 0. The Balaban J connectivity index is 3.33. The number of carbonyl (C=O) groups excluding carboxylic acids is 1. The summed E-state index contributed by atoms with van der Waals surface area (Å²) >= 11 is 6.33. The van der Waals surface area contributed by atoms with Gasteiger partial charge in [0.05, 0.1) is 21.6 Å². The van der Waals surface area contributed by atoms with Crippen molar-refractivity contribution in [2.24, 2.45) is 0 Å². The number of aromatic nitrogens is 1. The summed E-state index contributed by atoms with van der Waals surface area (Å²) in [6.45, 7) is 0. The number of hydrogen-bond acceptors (Lipinski definition) is 4. The highest BCUT2D eigenvalue weighted by atomic mass is 79.9. The molecule has 0 bridgehead atoms. The number of pyridine rings is 1. The fraction of sp³-hybridized carbons (Fsp3) is 0.143. The maximum absolute atomic E-state index is 11.2. The molecule has 1 rings (SSSR count). The molecule has 0 saturated heterocycles. The van der Waals surface area contributed by atoms with E-state index in [1.807, 2.05) is 0 Å². The second-order valence-corrected chi connectivity index (χ2v) is 3.82. The molecule has 1 aromatic rings. The molecule has 1 aromatic heterocycles. The van der Waals surface area contributed by atoms with E-state index in [9.17, 15) is 4.79 Å². The molecule has 0 aliphatic rings. The molecule has 0 unspecified atom stereocenters. The van der Waals surface area contributed by atoms with E-state index in [-0.39, 0.29) is 5.82 Å². The first-order valence-electron chi connectivity index (χ1n) is 3.25. The number of carbonyl (C=O) groups is 1. The highest BCUT2D eigenvalue weighted by Crippen LogP contribution is 2.28. The highest BCUT2D eigenvalue weighted by molar-refractivity contribution is 9.11. The SMILES string of the molecule is COC(=O)c1c(Br)cnc(N)c1Br. The van der Waals surface area contributed by atoms with Crippen molar-refractivity contribution in [3.63, 3.8) is 0 Å². The Morgan fingerprint density at radius 3 is 2.77 bits per heavy atom. The van der Waals surface area contributed by atoms with Crippen LogP contribution < -0.4 is 5.73 Å². The van der Waals surface area contributed by atoms with Gasteiger partial charge in [0, 0.05) is 6.20 Å². The monoisotopic (exact) mass is 308 g/mol. The highest BCUT2D eigenvalue weighted by Gasteiger charge is 2.17. The summed E-state index contributed by atoms with van der Waals surface area (Å²) in [4.78, 5) is 15.1. The molecule has 0 atom stereocenters. The molecule has 0 saturated carbocycles. The Labute approximate surface area is 91.7 Å². The van der Waals surface area contributed by atoms with Crippen LogP contribution in [0.1, 0.15) is 10.4 Å². The number of hydrogen-bond donors (Lipinski definition) is 1. The summed E-state index contributed by atoms with van der Waals surface area (Å²) in [5.41, 5.74) is 5.84. The lowest BCUT2D eigenvalue weighted by Gasteiger charge is -2.05. The van der Waals surface area contributed by atoms with Gasteiger partial charge in [-0.2, -0.15) is 0 Å². The molecule has 0 spiro atoms. The summed E-state index contributed by atoms with van der Waals surface area (Å²) in [6.07, 6.45) is 1.45.